The number of anilines is 1. The molecule has 0 bridgehead atoms. The molecular formula is C15H12ClNO2. The standard InChI is InChI=1S/C15H12ClNO2/c16-10-4-6-11(7-5-10)18-9-12-8-13-14(17)2-1-3-15(13)19-12/h1-8H,9,17H2. The van der Waals surface area contributed by atoms with Crippen molar-refractivity contribution in [3.63, 3.8) is 0 Å². The van der Waals surface area contributed by atoms with E-state index in [1.165, 1.54) is 0 Å². The lowest BCUT2D eigenvalue weighted by Gasteiger charge is -2.03. The van der Waals surface area contributed by atoms with Crippen molar-refractivity contribution in [2.75, 3.05) is 5.73 Å². The Morgan fingerprint density at radius 1 is 1.11 bits per heavy atom. The van der Waals surface area contributed by atoms with Crippen LogP contribution in [-0.2, 0) is 6.61 Å². The number of ether oxygens (including phenoxy) is 1. The van der Waals surface area contributed by atoms with E-state index in [1.54, 1.807) is 12.1 Å². The third-order valence-electron chi connectivity index (χ3n) is 2.84. The molecule has 0 aliphatic rings. The zero-order chi connectivity index (χ0) is 13.2. The van der Waals surface area contributed by atoms with E-state index in [0.717, 1.165) is 22.5 Å². The zero-order valence-electron chi connectivity index (χ0n) is 10.1. The van der Waals surface area contributed by atoms with Crippen LogP contribution in [0.2, 0.25) is 5.02 Å². The van der Waals surface area contributed by atoms with E-state index in [-0.39, 0.29) is 0 Å². The Morgan fingerprint density at radius 2 is 1.89 bits per heavy atom. The van der Waals surface area contributed by atoms with Crippen molar-refractivity contribution >= 4 is 28.3 Å². The number of nitrogen functional groups attached to an aromatic ring is 1. The van der Waals surface area contributed by atoms with E-state index in [1.807, 2.05) is 36.4 Å². The summed E-state index contributed by atoms with van der Waals surface area (Å²) in [6.45, 7) is 0.357. The molecule has 2 aromatic carbocycles. The van der Waals surface area contributed by atoms with Gasteiger partial charge in [-0.05, 0) is 42.5 Å². The largest absolute Gasteiger partial charge is 0.486 e. The number of benzene rings is 2. The normalized spacial score (nSPS) is 10.8. The lowest BCUT2D eigenvalue weighted by molar-refractivity contribution is 0.274. The van der Waals surface area contributed by atoms with Crippen molar-refractivity contribution in [3.05, 3.63) is 59.3 Å². The number of fused-ring (bicyclic) bond motifs is 1. The van der Waals surface area contributed by atoms with Crippen LogP contribution in [0.15, 0.2) is 52.9 Å². The topological polar surface area (TPSA) is 48.4 Å². The summed E-state index contributed by atoms with van der Waals surface area (Å²) in [4.78, 5) is 0. The molecule has 3 rings (SSSR count). The highest BCUT2D eigenvalue weighted by atomic mass is 35.5. The Kier molecular flexibility index (Phi) is 3.05. The quantitative estimate of drug-likeness (QED) is 0.726. The van der Waals surface area contributed by atoms with Gasteiger partial charge in [0.1, 0.15) is 23.7 Å². The SMILES string of the molecule is Nc1cccc2oc(COc3ccc(Cl)cc3)cc12. The van der Waals surface area contributed by atoms with Gasteiger partial charge in [-0.3, -0.25) is 0 Å². The molecular weight excluding hydrogens is 262 g/mol. The minimum atomic E-state index is 0.357. The molecule has 0 fully saturated rings. The summed E-state index contributed by atoms with van der Waals surface area (Å²) in [5.74, 6) is 1.49. The number of furan rings is 1. The average molecular weight is 274 g/mol. The van der Waals surface area contributed by atoms with Gasteiger partial charge in [-0.2, -0.15) is 0 Å². The van der Waals surface area contributed by atoms with E-state index >= 15 is 0 Å². The average Bonchev–Trinajstić information content (AvgIpc) is 2.83. The molecule has 1 aromatic heterocycles. The van der Waals surface area contributed by atoms with Crippen molar-refractivity contribution in [1.82, 2.24) is 0 Å². The Bertz CT molecular complexity index is 704. The van der Waals surface area contributed by atoms with Crippen LogP contribution in [0, 0.1) is 0 Å². The summed E-state index contributed by atoms with van der Waals surface area (Å²) in [5.41, 5.74) is 7.36. The van der Waals surface area contributed by atoms with Crippen LogP contribution >= 0.6 is 11.6 Å². The molecule has 1 heterocycles. The molecule has 0 amide bonds. The minimum absolute atomic E-state index is 0.357. The number of nitrogens with two attached hydrogens (primary N) is 1. The van der Waals surface area contributed by atoms with Crippen molar-refractivity contribution in [2.45, 2.75) is 6.61 Å². The third-order valence-corrected chi connectivity index (χ3v) is 3.09. The Labute approximate surface area is 115 Å². The van der Waals surface area contributed by atoms with Crippen LogP contribution in [0.1, 0.15) is 5.76 Å². The monoisotopic (exact) mass is 273 g/mol. The van der Waals surface area contributed by atoms with Crippen molar-refractivity contribution in [1.29, 1.82) is 0 Å². The minimum Gasteiger partial charge on any atom is -0.486 e. The van der Waals surface area contributed by atoms with Crippen LogP contribution in [0.4, 0.5) is 5.69 Å². The lowest BCUT2D eigenvalue weighted by atomic mass is 10.2. The highest BCUT2D eigenvalue weighted by molar-refractivity contribution is 6.30. The molecule has 0 unspecified atom stereocenters. The van der Waals surface area contributed by atoms with Gasteiger partial charge in [-0.1, -0.05) is 17.7 Å². The molecule has 2 N–H and O–H groups in total. The van der Waals surface area contributed by atoms with E-state index in [4.69, 9.17) is 26.5 Å². The molecule has 0 atom stereocenters. The summed E-state index contributed by atoms with van der Waals surface area (Å²) in [5, 5.41) is 1.60. The molecule has 0 aliphatic carbocycles. The second-order valence-electron chi connectivity index (χ2n) is 4.21. The van der Waals surface area contributed by atoms with Gasteiger partial charge in [0.15, 0.2) is 0 Å². The fourth-order valence-electron chi connectivity index (χ4n) is 1.89. The Hall–Kier alpha value is -2.13. The Morgan fingerprint density at radius 3 is 2.63 bits per heavy atom. The molecule has 0 saturated carbocycles. The lowest BCUT2D eigenvalue weighted by Crippen LogP contribution is -1.92. The van der Waals surface area contributed by atoms with Gasteiger partial charge in [0.25, 0.3) is 0 Å². The van der Waals surface area contributed by atoms with E-state index in [0.29, 0.717) is 17.3 Å². The molecule has 19 heavy (non-hydrogen) atoms. The summed E-state index contributed by atoms with van der Waals surface area (Å²) < 4.78 is 11.3. The highest BCUT2D eigenvalue weighted by Crippen LogP contribution is 2.25. The summed E-state index contributed by atoms with van der Waals surface area (Å²) in [6, 6.07) is 14.7. The number of hydrogen-bond donors (Lipinski definition) is 1. The van der Waals surface area contributed by atoms with Gasteiger partial charge in [0.2, 0.25) is 0 Å². The zero-order valence-corrected chi connectivity index (χ0v) is 10.9. The van der Waals surface area contributed by atoms with Crippen molar-refractivity contribution in [2.24, 2.45) is 0 Å². The highest BCUT2D eigenvalue weighted by Gasteiger charge is 2.06. The van der Waals surface area contributed by atoms with Crippen molar-refractivity contribution in [3.8, 4) is 5.75 Å². The van der Waals surface area contributed by atoms with Crippen LogP contribution in [0.25, 0.3) is 11.0 Å². The van der Waals surface area contributed by atoms with Crippen LogP contribution in [0.5, 0.6) is 5.75 Å². The third kappa shape index (κ3) is 2.51. The number of rotatable bonds is 3. The summed E-state index contributed by atoms with van der Waals surface area (Å²) in [7, 11) is 0. The predicted molar refractivity (Wildman–Crippen MR) is 76.4 cm³/mol. The molecule has 0 radical (unpaired) electrons. The maximum absolute atomic E-state index is 5.88. The first-order valence-electron chi connectivity index (χ1n) is 5.87. The predicted octanol–water partition coefficient (Wildman–Crippen LogP) is 4.25. The maximum atomic E-state index is 5.88. The fourth-order valence-corrected chi connectivity index (χ4v) is 2.02. The molecule has 0 aliphatic heterocycles. The summed E-state index contributed by atoms with van der Waals surface area (Å²) in [6.07, 6.45) is 0. The van der Waals surface area contributed by atoms with E-state index in [9.17, 15) is 0 Å². The van der Waals surface area contributed by atoms with E-state index < -0.39 is 0 Å². The Balaban J connectivity index is 1.78. The first kappa shape index (κ1) is 11.9. The van der Waals surface area contributed by atoms with Gasteiger partial charge in [0, 0.05) is 16.1 Å². The number of halogens is 1. The first-order valence-corrected chi connectivity index (χ1v) is 6.25. The van der Waals surface area contributed by atoms with Gasteiger partial charge in [-0.15, -0.1) is 0 Å². The van der Waals surface area contributed by atoms with E-state index in [2.05, 4.69) is 0 Å². The van der Waals surface area contributed by atoms with Gasteiger partial charge >= 0.3 is 0 Å². The number of hydrogen-bond acceptors (Lipinski definition) is 3. The fraction of sp³-hybridized carbons (Fsp3) is 0.0667. The van der Waals surface area contributed by atoms with Crippen molar-refractivity contribution < 1.29 is 9.15 Å². The molecule has 0 spiro atoms. The molecule has 96 valence electrons. The van der Waals surface area contributed by atoms with Gasteiger partial charge in [0.05, 0.1) is 0 Å². The van der Waals surface area contributed by atoms with Crippen LogP contribution in [0.3, 0.4) is 0 Å². The summed E-state index contributed by atoms with van der Waals surface area (Å²) >= 11 is 5.81. The second-order valence-corrected chi connectivity index (χ2v) is 4.65. The van der Waals surface area contributed by atoms with Crippen LogP contribution < -0.4 is 10.5 Å². The molecule has 3 nitrogen and oxygen atoms in total. The maximum Gasteiger partial charge on any atom is 0.146 e. The van der Waals surface area contributed by atoms with Crippen LogP contribution in [-0.4, -0.2) is 0 Å². The second kappa shape index (κ2) is 4.86. The molecule has 4 heteroatoms. The first-order chi connectivity index (χ1) is 9.22. The molecule has 0 saturated heterocycles. The van der Waals surface area contributed by atoms with Gasteiger partial charge in [-0.25, -0.2) is 0 Å². The van der Waals surface area contributed by atoms with Gasteiger partial charge < -0.3 is 14.9 Å². The molecule has 3 aromatic rings. The smallest absolute Gasteiger partial charge is 0.146 e.